The normalized spacial score (nSPS) is 11.0. The van der Waals surface area contributed by atoms with E-state index in [2.05, 4.69) is 15.0 Å². The van der Waals surface area contributed by atoms with E-state index in [0.29, 0.717) is 0 Å². The highest BCUT2D eigenvalue weighted by Crippen LogP contribution is 2.17. The van der Waals surface area contributed by atoms with Crippen molar-refractivity contribution in [2.24, 2.45) is 0 Å². The number of nitrogens with zero attached hydrogens (tertiary/aromatic N) is 1. The molecule has 1 aromatic heterocycles. The zero-order chi connectivity index (χ0) is 19.2. The highest BCUT2D eigenvalue weighted by molar-refractivity contribution is 7.89. The van der Waals surface area contributed by atoms with E-state index in [1.54, 1.807) is 6.07 Å². The highest BCUT2D eigenvalue weighted by atomic mass is 35.5. The van der Waals surface area contributed by atoms with Crippen LogP contribution in [-0.2, 0) is 24.3 Å². The van der Waals surface area contributed by atoms with Gasteiger partial charge in [-0.25, -0.2) is 17.8 Å². The molecule has 26 heavy (non-hydrogen) atoms. The summed E-state index contributed by atoms with van der Waals surface area (Å²) in [5.74, 6) is -2.24. The lowest BCUT2D eigenvalue weighted by Crippen LogP contribution is -2.32. The molecule has 0 unspecified atom stereocenters. The van der Waals surface area contributed by atoms with Gasteiger partial charge in [-0.2, -0.15) is 4.72 Å². The fraction of sp³-hybridized carbons (Fsp3) is 0.133. The van der Waals surface area contributed by atoms with E-state index in [0.717, 1.165) is 24.3 Å². The van der Waals surface area contributed by atoms with Crippen LogP contribution in [0.15, 0.2) is 47.5 Å². The van der Waals surface area contributed by atoms with E-state index in [9.17, 15) is 22.4 Å². The maximum absolute atomic E-state index is 12.8. The molecule has 2 aromatic rings. The smallest absolute Gasteiger partial charge is 0.321 e. The number of rotatable bonds is 7. The van der Waals surface area contributed by atoms with Gasteiger partial charge in [-0.1, -0.05) is 11.6 Å². The van der Waals surface area contributed by atoms with Crippen LogP contribution >= 0.6 is 11.6 Å². The number of halogens is 2. The minimum Gasteiger partial charge on any atom is -0.455 e. The van der Waals surface area contributed by atoms with Gasteiger partial charge in [0.05, 0.1) is 10.6 Å². The molecule has 0 saturated heterocycles. The lowest BCUT2D eigenvalue weighted by molar-refractivity contribution is -0.146. The van der Waals surface area contributed by atoms with Crippen LogP contribution in [0.2, 0.25) is 5.15 Å². The fourth-order valence-corrected chi connectivity index (χ4v) is 2.85. The Morgan fingerprint density at radius 1 is 1.19 bits per heavy atom. The maximum atomic E-state index is 12.8. The van der Waals surface area contributed by atoms with Crippen LogP contribution in [0, 0.1) is 5.82 Å². The molecule has 2 N–H and O–H groups in total. The van der Waals surface area contributed by atoms with Crippen molar-refractivity contribution in [3.63, 3.8) is 0 Å². The summed E-state index contributed by atoms with van der Waals surface area (Å²) in [7, 11) is -4.01. The molecule has 11 heteroatoms. The summed E-state index contributed by atoms with van der Waals surface area (Å²) in [5.41, 5.74) is 0.243. The number of amides is 1. The number of pyridine rings is 1. The first-order chi connectivity index (χ1) is 12.3. The summed E-state index contributed by atoms with van der Waals surface area (Å²) in [6.45, 7) is -1.33. The van der Waals surface area contributed by atoms with Crippen molar-refractivity contribution in [2.45, 2.75) is 4.90 Å². The Bertz CT molecular complexity index is 906. The third kappa shape index (κ3) is 5.76. The lowest BCUT2D eigenvalue weighted by atomic mass is 10.4. The quantitative estimate of drug-likeness (QED) is 0.534. The molecule has 0 fully saturated rings. The fourth-order valence-electron chi connectivity index (χ4n) is 1.71. The molecule has 8 nitrogen and oxygen atoms in total. The van der Waals surface area contributed by atoms with E-state index in [1.165, 1.54) is 12.3 Å². The number of esters is 1. The lowest BCUT2D eigenvalue weighted by Gasteiger charge is -2.08. The number of aromatic nitrogens is 1. The molecule has 0 radical (unpaired) electrons. The number of hydrogen-bond donors (Lipinski definition) is 2. The van der Waals surface area contributed by atoms with Gasteiger partial charge in [0.1, 0.15) is 12.4 Å². The number of carbonyl (C=O) groups is 2. The van der Waals surface area contributed by atoms with Gasteiger partial charge >= 0.3 is 5.97 Å². The van der Waals surface area contributed by atoms with E-state index in [-0.39, 0.29) is 15.7 Å². The molecule has 0 saturated carbocycles. The molecule has 1 amide bonds. The Hall–Kier alpha value is -2.56. The minimum atomic E-state index is -4.01. The number of anilines is 1. The van der Waals surface area contributed by atoms with Crippen molar-refractivity contribution in [1.29, 1.82) is 0 Å². The first kappa shape index (κ1) is 19.8. The van der Waals surface area contributed by atoms with Gasteiger partial charge in [-0.15, -0.1) is 0 Å². The summed E-state index contributed by atoms with van der Waals surface area (Å²) in [4.78, 5) is 26.8. The first-order valence-corrected chi connectivity index (χ1v) is 8.95. The zero-order valence-electron chi connectivity index (χ0n) is 13.1. The van der Waals surface area contributed by atoms with Gasteiger partial charge in [0.2, 0.25) is 10.0 Å². The van der Waals surface area contributed by atoms with Crippen LogP contribution in [0.3, 0.4) is 0 Å². The number of sulfonamides is 1. The highest BCUT2D eigenvalue weighted by Gasteiger charge is 2.17. The van der Waals surface area contributed by atoms with E-state index >= 15 is 0 Å². The predicted molar refractivity (Wildman–Crippen MR) is 90.4 cm³/mol. The summed E-state index contributed by atoms with van der Waals surface area (Å²) < 4.78 is 43.3. The number of ether oxygens (including phenoxy) is 1. The van der Waals surface area contributed by atoms with Gasteiger partial charge in [0, 0.05) is 6.20 Å². The number of carbonyl (C=O) groups excluding carboxylic acids is 2. The van der Waals surface area contributed by atoms with Gasteiger partial charge in [-0.3, -0.25) is 9.59 Å². The first-order valence-electron chi connectivity index (χ1n) is 7.09. The van der Waals surface area contributed by atoms with Crippen LogP contribution in [0.4, 0.5) is 10.1 Å². The predicted octanol–water partition coefficient (Wildman–Crippen LogP) is 1.33. The summed E-state index contributed by atoms with van der Waals surface area (Å²) in [6, 6.07) is 7.10. The van der Waals surface area contributed by atoms with Crippen molar-refractivity contribution in [2.75, 3.05) is 18.5 Å². The average molecular weight is 402 g/mol. The molecular formula is C15H13ClFN3O5S. The Morgan fingerprint density at radius 2 is 1.88 bits per heavy atom. The topological polar surface area (TPSA) is 114 Å². The maximum Gasteiger partial charge on any atom is 0.321 e. The SMILES string of the molecule is O=C(COC(=O)CNS(=O)(=O)c1ccc(F)cc1)Nc1cccnc1Cl. The summed E-state index contributed by atoms with van der Waals surface area (Å²) in [5, 5.41) is 2.45. The van der Waals surface area contributed by atoms with Crippen LogP contribution in [0.25, 0.3) is 0 Å². The second-order valence-electron chi connectivity index (χ2n) is 4.83. The Balaban J connectivity index is 1.80. The molecule has 138 valence electrons. The molecule has 0 atom stereocenters. The minimum absolute atomic E-state index is 0.0687. The van der Waals surface area contributed by atoms with Crippen molar-refractivity contribution < 1.29 is 27.1 Å². The monoisotopic (exact) mass is 401 g/mol. The van der Waals surface area contributed by atoms with Crippen LogP contribution in [0.5, 0.6) is 0 Å². The van der Waals surface area contributed by atoms with Gasteiger partial charge < -0.3 is 10.1 Å². The third-order valence-electron chi connectivity index (χ3n) is 2.93. The summed E-state index contributed by atoms with van der Waals surface area (Å²) in [6.07, 6.45) is 1.44. The number of benzene rings is 1. The average Bonchev–Trinajstić information content (AvgIpc) is 2.60. The Kier molecular flexibility index (Phi) is 6.61. The van der Waals surface area contributed by atoms with Crippen molar-refractivity contribution >= 4 is 39.2 Å². The van der Waals surface area contributed by atoms with E-state index in [1.807, 2.05) is 4.72 Å². The number of nitrogens with one attached hydrogen (secondary N) is 2. The van der Waals surface area contributed by atoms with Crippen LogP contribution in [0.1, 0.15) is 0 Å². The van der Waals surface area contributed by atoms with Crippen molar-refractivity contribution in [3.05, 3.63) is 53.6 Å². The zero-order valence-corrected chi connectivity index (χ0v) is 14.7. The molecule has 0 spiro atoms. The molecular weight excluding hydrogens is 389 g/mol. The third-order valence-corrected chi connectivity index (χ3v) is 4.65. The largest absolute Gasteiger partial charge is 0.455 e. The number of hydrogen-bond acceptors (Lipinski definition) is 6. The molecule has 0 bridgehead atoms. The van der Waals surface area contributed by atoms with Crippen LogP contribution < -0.4 is 10.0 Å². The second kappa shape index (κ2) is 8.70. The molecule has 1 heterocycles. The molecule has 0 aliphatic rings. The van der Waals surface area contributed by atoms with Crippen molar-refractivity contribution in [3.8, 4) is 0 Å². The van der Waals surface area contributed by atoms with Gasteiger partial charge in [0.15, 0.2) is 11.8 Å². The molecule has 0 aliphatic heterocycles. The van der Waals surface area contributed by atoms with Gasteiger partial charge in [0.25, 0.3) is 5.91 Å². The molecule has 2 rings (SSSR count). The van der Waals surface area contributed by atoms with E-state index < -0.39 is 40.9 Å². The standard InChI is InChI=1S/C15H13ClFN3O5S/c16-15-12(2-1-7-18-15)20-13(21)9-25-14(22)8-19-26(23,24)11-5-3-10(17)4-6-11/h1-7,19H,8-9H2,(H,20,21). The van der Waals surface area contributed by atoms with E-state index in [4.69, 9.17) is 11.6 Å². The molecule has 0 aliphatic carbocycles. The molecule has 1 aromatic carbocycles. The Morgan fingerprint density at radius 3 is 2.54 bits per heavy atom. The van der Waals surface area contributed by atoms with Gasteiger partial charge in [-0.05, 0) is 36.4 Å². The van der Waals surface area contributed by atoms with Crippen LogP contribution in [-0.4, -0.2) is 38.4 Å². The second-order valence-corrected chi connectivity index (χ2v) is 6.95. The van der Waals surface area contributed by atoms with Crippen molar-refractivity contribution in [1.82, 2.24) is 9.71 Å². The summed E-state index contributed by atoms with van der Waals surface area (Å²) >= 11 is 5.77. The Labute approximate surface area is 153 Å².